The third-order valence-electron chi connectivity index (χ3n) is 2.73. The molecule has 4 N–H and O–H groups in total. The fraction of sp³-hybridized carbons (Fsp3) is 0.364. The number of ether oxygens (including phenoxy) is 1. The van der Waals surface area contributed by atoms with Crippen molar-refractivity contribution in [2.75, 3.05) is 13.2 Å². The summed E-state index contributed by atoms with van der Waals surface area (Å²) in [7, 11) is -1.01. The molecule has 1 heterocycles. The lowest BCUT2D eigenvalue weighted by Gasteiger charge is -2.11. The molecule has 1 aliphatic rings. The first kappa shape index (κ1) is 12.9. The van der Waals surface area contributed by atoms with Crippen molar-refractivity contribution in [1.29, 1.82) is 0 Å². The third kappa shape index (κ3) is 2.81. The number of hydrogen-bond acceptors (Lipinski definition) is 5. The summed E-state index contributed by atoms with van der Waals surface area (Å²) in [5, 5.41) is 18.4. The van der Waals surface area contributed by atoms with E-state index in [1.165, 1.54) is 0 Å². The molecule has 1 atom stereocenters. The number of hydrogen-bond donors (Lipinski definition) is 3. The van der Waals surface area contributed by atoms with Crippen molar-refractivity contribution in [3.63, 3.8) is 0 Å². The summed E-state index contributed by atoms with van der Waals surface area (Å²) in [6.45, 7) is 0.651. The number of carboxylic acids is 1. The predicted octanol–water partition coefficient (Wildman–Crippen LogP) is -1.26. The molecule has 7 heteroatoms. The molecule has 0 saturated carbocycles. The quantitative estimate of drug-likeness (QED) is 0.579. The minimum Gasteiger partial charge on any atom is -0.492 e. The number of benzene rings is 1. The molecule has 96 valence electrons. The van der Waals surface area contributed by atoms with Crippen molar-refractivity contribution in [2.24, 2.45) is 5.73 Å². The number of rotatable bonds is 3. The summed E-state index contributed by atoms with van der Waals surface area (Å²) in [6.07, 6.45) is 0.211. The van der Waals surface area contributed by atoms with Crippen molar-refractivity contribution >= 4 is 18.6 Å². The van der Waals surface area contributed by atoms with Crippen LogP contribution in [0, 0.1) is 0 Å². The van der Waals surface area contributed by atoms with Gasteiger partial charge in [-0.1, -0.05) is 12.1 Å². The predicted molar refractivity (Wildman–Crippen MR) is 64.8 cm³/mol. The van der Waals surface area contributed by atoms with Gasteiger partial charge in [0.2, 0.25) is 0 Å². The summed E-state index contributed by atoms with van der Waals surface area (Å²) in [6, 6.07) is 4.11. The van der Waals surface area contributed by atoms with Gasteiger partial charge in [-0.15, -0.1) is 0 Å². The lowest BCUT2D eigenvalue weighted by molar-refractivity contribution is -0.138. The Kier molecular flexibility index (Phi) is 3.85. The summed E-state index contributed by atoms with van der Waals surface area (Å²) in [4.78, 5) is 10.7. The van der Waals surface area contributed by atoms with E-state index >= 15 is 0 Å². The van der Waals surface area contributed by atoms with Crippen LogP contribution in [0.1, 0.15) is 5.56 Å². The molecule has 0 unspecified atom stereocenters. The van der Waals surface area contributed by atoms with Crippen molar-refractivity contribution in [2.45, 2.75) is 12.5 Å². The maximum Gasteiger partial charge on any atom is 0.495 e. The molecule has 1 aliphatic heterocycles. The molecular formula is C11H14BNO5. The van der Waals surface area contributed by atoms with Gasteiger partial charge < -0.3 is 25.3 Å². The highest BCUT2D eigenvalue weighted by molar-refractivity contribution is 6.61. The highest BCUT2D eigenvalue weighted by Crippen LogP contribution is 2.15. The first-order chi connectivity index (χ1) is 8.58. The van der Waals surface area contributed by atoms with Crippen LogP contribution in [0.15, 0.2) is 18.2 Å². The van der Waals surface area contributed by atoms with E-state index in [0.29, 0.717) is 24.4 Å². The van der Waals surface area contributed by atoms with Gasteiger partial charge in [0.05, 0.1) is 6.61 Å². The van der Waals surface area contributed by atoms with Crippen LogP contribution in [-0.2, 0) is 15.9 Å². The van der Waals surface area contributed by atoms with Gasteiger partial charge >= 0.3 is 13.1 Å². The minimum atomic E-state index is -1.05. The van der Waals surface area contributed by atoms with Gasteiger partial charge in [-0.2, -0.15) is 0 Å². The van der Waals surface area contributed by atoms with Crippen molar-refractivity contribution < 1.29 is 24.3 Å². The molecule has 6 nitrogen and oxygen atoms in total. The Morgan fingerprint density at radius 2 is 2.28 bits per heavy atom. The number of fused-ring (bicyclic) bond motifs is 1. The molecule has 0 amide bonds. The SMILES string of the molecule is N[C@@H](Cc1ccc2c(c1)OCCOB2O)C(=O)O. The molecule has 0 fully saturated rings. The van der Waals surface area contributed by atoms with Crippen LogP contribution in [0.5, 0.6) is 5.75 Å². The second kappa shape index (κ2) is 5.39. The molecule has 1 aromatic carbocycles. The lowest BCUT2D eigenvalue weighted by Crippen LogP contribution is -2.34. The van der Waals surface area contributed by atoms with E-state index in [0.717, 1.165) is 5.56 Å². The van der Waals surface area contributed by atoms with Crippen LogP contribution in [0.2, 0.25) is 0 Å². The summed E-state index contributed by atoms with van der Waals surface area (Å²) in [5.41, 5.74) is 6.76. The molecule has 1 aromatic rings. The number of carbonyl (C=O) groups is 1. The molecule has 0 bridgehead atoms. The van der Waals surface area contributed by atoms with Gasteiger partial charge in [-0.25, -0.2) is 0 Å². The summed E-state index contributed by atoms with van der Waals surface area (Å²) < 4.78 is 10.5. The normalized spacial score (nSPS) is 16.4. The zero-order chi connectivity index (χ0) is 13.1. The van der Waals surface area contributed by atoms with Crippen LogP contribution >= 0.6 is 0 Å². The molecule has 0 aromatic heterocycles. The van der Waals surface area contributed by atoms with Crippen LogP contribution in [0.4, 0.5) is 0 Å². The standard InChI is InChI=1S/C11H14BNO5/c13-9(11(14)15)5-7-1-2-8-10(6-7)17-3-4-18-12(8)16/h1-2,6,9,16H,3-5,13H2,(H,14,15)/t9-/m0/s1. The second-order valence-electron chi connectivity index (χ2n) is 4.09. The Morgan fingerprint density at radius 1 is 1.50 bits per heavy atom. The average Bonchev–Trinajstić information content (AvgIpc) is 2.51. The Bertz CT molecular complexity index is 453. The molecule has 0 spiro atoms. The first-order valence-electron chi connectivity index (χ1n) is 5.61. The van der Waals surface area contributed by atoms with Crippen molar-refractivity contribution in [3.8, 4) is 5.75 Å². The van der Waals surface area contributed by atoms with Crippen LogP contribution < -0.4 is 15.9 Å². The molecule has 0 aliphatic carbocycles. The highest BCUT2D eigenvalue weighted by Gasteiger charge is 2.24. The zero-order valence-corrected chi connectivity index (χ0v) is 9.70. The van der Waals surface area contributed by atoms with E-state index in [-0.39, 0.29) is 6.42 Å². The van der Waals surface area contributed by atoms with Crippen LogP contribution in [0.25, 0.3) is 0 Å². The van der Waals surface area contributed by atoms with Gasteiger partial charge in [0, 0.05) is 5.46 Å². The first-order valence-corrected chi connectivity index (χ1v) is 5.61. The molecule has 2 rings (SSSR count). The highest BCUT2D eigenvalue weighted by atomic mass is 16.6. The average molecular weight is 251 g/mol. The fourth-order valence-corrected chi connectivity index (χ4v) is 1.78. The molecule has 0 saturated heterocycles. The van der Waals surface area contributed by atoms with E-state index in [2.05, 4.69) is 0 Å². The topological polar surface area (TPSA) is 102 Å². The zero-order valence-electron chi connectivity index (χ0n) is 9.70. The molecule has 0 radical (unpaired) electrons. The van der Waals surface area contributed by atoms with Gasteiger partial charge in [-0.3, -0.25) is 4.79 Å². The smallest absolute Gasteiger partial charge is 0.492 e. The minimum absolute atomic E-state index is 0.211. The fourth-order valence-electron chi connectivity index (χ4n) is 1.78. The van der Waals surface area contributed by atoms with Crippen molar-refractivity contribution in [1.82, 2.24) is 0 Å². The van der Waals surface area contributed by atoms with E-state index < -0.39 is 19.1 Å². The summed E-state index contributed by atoms with van der Waals surface area (Å²) >= 11 is 0. The van der Waals surface area contributed by atoms with Gasteiger partial charge in [0.15, 0.2) is 0 Å². The number of nitrogens with two attached hydrogens (primary N) is 1. The van der Waals surface area contributed by atoms with Gasteiger partial charge in [-0.05, 0) is 18.1 Å². The van der Waals surface area contributed by atoms with Gasteiger partial charge in [0.1, 0.15) is 18.4 Å². The van der Waals surface area contributed by atoms with E-state index in [1.807, 2.05) is 0 Å². The van der Waals surface area contributed by atoms with Crippen molar-refractivity contribution in [3.05, 3.63) is 23.8 Å². The third-order valence-corrected chi connectivity index (χ3v) is 2.73. The maximum atomic E-state index is 10.7. The van der Waals surface area contributed by atoms with Gasteiger partial charge in [0.25, 0.3) is 0 Å². The largest absolute Gasteiger partial charge is 0.495 e. The Balaban J connectivity index is 2.21. The Hall–Kier alpha value is -1.57. The monoisotopic (exact) mass is 251 g/mol. The van der Waals surface area contributed by atoms with E-state index in [4.69, 9.17) is 20.2 Å². The number of carboxylic acid groups (broad SMARTS) is 1. The Morgan fingerprint density at radius 3 is 3.00 bits per heavy atom. The van der Waals surface area contributed by atoms with E-state index in [1.54, 1.807) is 18.2 Å². The lowest BCUT2D eigenvalue weighted by atomic mass is 9.78. The maximum absolute atomic E-state index is 10.7. The molecular weight excluding hydrogens is 237 g/mol. The molecule has 18 heavy (non-hydrogen) atoms. The van der Waals surface area contributed by atoms with E-state index in [9.17, 15) is 9.82 Å². The van der Waals surface area contributed by atoms with Crippen LogP contribution in [0.3, 0.4) is 0 Å². The Labute approximate surface area is 104 Å². The van der Waals surface area contributed by atoms with Crippen LogP contribution in [-0.4, -0.2) is 42.5 Å². The second-order valence-corrected chi connectivity index (χ2v) is 4.09. The number of aliphatic carboxylic acids is 1. The summed E-state index contributed by atoms with van der Waals surface area (Å²) in [5.74, 6) is -0.538.